The number of hydrogen-bond acceptors (Lipinski definition) is 2. The van der Waals surface area contributed by atoms with Crippen LogP contribution in [0.4, 0.5) is 0 Å². The lowest BCUT2D eigenvalue weighted by Gasteiger charge is -2.40. The lowest BCUT2D eigenvalue weighted by molar-refractivity contribution is -0.0835. The van der Waals surface area contributed by atoms with E-state index in [0.717, 1.165) is 44.9 Å². The molecule has 0 aliphatic carbocycles. The number of nitrogens with zero attached hydrogens (tertiary/aromatic N) is 1. The molecule has 2 N–H and O–H groups in total. The van der Waals surface area contributed by atoms with Gasteiger partial charge in [0.2, 0.25) is 0 Å². The van der Waals surface area contributed by atoms with E-state index in [9.17, 15) is 0 Å². The summed E-state index contributed by atoms with van der Waals surface area (Å²) in [7, 11) is 1.84. The van der Waals surface area contributed by atoms with Crippen molar-refractivity contribution in [1.82, 2.24) is 10.6 Å². The Morgan fingerprint density at radius 3 is 2.58 bits per heavy atom. The maximum absolute atomic E-state index is 6.07. The highest BCUT2D eigenvalue weighted by Crippen LogP contribution is 2.33. The van der Waals surface area contributed by atoms with Crippen molar-refractivity contribution < 1.29 is 4.74 Å². The van der Waals surface area contributed by atoms with Crippen LogP contribution in [0.5, 0.6) is 0 Å². The molecule has 0 saturated carbocycles. The third-order valence-corrected chi connectivity index (χ3v) is 4.83. The minimum atomic E-state index is 0. The molecule has 0 spiro atoms. The molecule has 26 heavy (non-hydrogen) atoms. The highest BCUT2D eigenvalue weighted by molar-refractivity contribution is 14.0. The van der Waals surface area contributed by atoms with Gasteiger partial charge in [0.25, 0.3) is 0 Å². The van der Waals surface area contributed by atoms with Gasteiger partial charge in [0.05, 0.1) is 6.10 Å². The second-order valence-corrected chi connectivity index (χ2v) is 8.03. The molecule has 4 nitrogen and oxygen atoms in total. The zero-order valence-electron chi connectivity index (χ0n) is 16.8. The normalized spacial score (nSPS) is 21.0. The van der Waals surface area contributed by atoms with E-state index in [-0.39, 0.29) is 29.4 Å². The van der Waals surface area contributed by atoms with Gasteiger partial charge in [0.1, 0.15) is 0 Å². The van der Waals surface area contributed by atoms with Crippen LogP contribution in [0, 0.1) is 11.3 Å². The van der Waals surface area contributed by atoms with Crippen LogP contribution in [-0.4, -0.2) is 38.8 Å². The van der Waals surface area contributed by atoms with Crippen LogP contribution in [0.2, 0.25) is 0 Å². The molecule has 2 atom stereocenters. The molecule has 0 bridgehead atoms. The number of aryl methyl sites for hydroxylation is 1. The van der Waals surface area contributed by atoms with Gasteiger partial charge < -0.3 is 15.4 Å². The van der Waals surface area contributed by atoms with E-state index in [1.165, 1.54) is 12.0 Å². The van der Waals surface area contributed by atoms with Crippen LogP contribution in [0.3, 0.4) is 0 Å². The number of hydrogen-bond donors (Lipinski definition) is 2. The molecule has 1 aliphatic heterocycles. The van der Waals surface area contributed by atoms with Crippen molar-refractivity contribution in [2.24, 2.45) is 16.3 Å². The molecule has 1 saturated heterocycles. The smallest absolute Gasteiger partial charge is 0.190 e. The largest absolute Gasteiger partial charge is 0.377 e. The molecular formula is C21H36IN3O. The first-order valence-corrected chi connectivity index (χ1v) is 9.61. The molecule has 1 aliphatic rings. The number of nitrogens with one attached hydrogen (secondary N) is 2. The van der Waals surface area contributed by atoms with Gasteiger partial charge in [0, 0.05) is 32.7 Å². The molecule has 1 aromatic carbocycles. The second-order valence-electron chi connectivity index (χ2n) is 8.03. The molecule has 1 heterocycles. The summed E-state index contributed by atoms with van der Waals surface area (Å²) in [5, 5.41) is 6.93. The van der Waals surface area contributed by atoms with Gasteiger partial charge in [-0.15, -0.1) is 24.0 Å². The summed E-state index contributed by atoms with van der Waals surface area (Å²) in [6, 6.07) is 10.6. The number of benzene rings is 1. The second kappa shape index (κ2) is 11.8. The average molecular weight is 473 g/mol. The summed E-state index contributed by atoms with van der Waals surface area (Å²) < 4.78 is 6.07. The van der Waals surface area contributed by atoms with Crippen LogP contribution >= 0.6 is 24.0 Å². The van der Waals surface area contributed by atoms with Crippen molar-refractivity contribution in [3.8, 4) is 0 Å². The van der Waals surface area contributed by atoms with Crippen LogP contribution in [-0.2, 0) is 11.2 Å². The zero-order chi connectivity index (χ0) is 18.1. The highest BCUT2D eigenvalue weighted by Gasteiger charge is 2.35. The first-order valence-electron chi connectivity index (χ1n) is 9.61. The van der Waals surface area contributed by atoms with E-state index in [1.807, 2.05) is 7.05 Å². The topological polar surface area (TPSA) is 45.7 Å². The summed E-state index contributed by atoms with van der Waals surface area (Å²) in [4.78, 5) is 4.36. The maximum atomic E-state index is 6.07. The van der Waals surface area contributed by atoms with Crippen molar-refractivity contribution >= 4 is 29.9 Å². The maximum Gasteiger partial charge on any atom is 0.190 e. The summed E-state index contributed by atoms with van der Waals surface area (Å²) in [5.74, 6) is 1.43. The van der Waals surface area contributed by atoms with Crippen molar-refractivity contribution in [2.45, 2.75) is 52.6 Å². The first kappa shape index (κ1) is 23.2. The minimum Gasteiger partial charge on any atom is -0.377 e. The summed E-state index contributed by atoms with van der Waals surface area (Å²) >= 11 is 0. The summed E-state index contributed by atoms with van der Waals surface area (Å²) in [5.41, 5.74) is 1.57. The first-order chi connectivity index (χ1) is 12.0. The Labute approximate surface area is 176 Å². The van der Waals surface area contributed by atoms with Crippen molar-refractivity contribution in [2.75, 3.05) is 26.7 Å². The Hall–Kier alpha value is -0.820. The van der Waals surface area contributed by atoms with Crippen molar-refractivity contribution in [3.63, 3.8) is 0 Å². The number of halogens is 1. The van der Waals surface area contributed by atoms with Crippen LogP contribution in [0.1, 0.15) is 45.6 Å². The Kier molecular flexibility index (Phi) is 10.5. The van der Waals surface area contributed by atoms with Crippen molar-refractivity contribution in [3.05, 3.63) is 35.9 Å². The molecule has 2 rings (SSSR count). The standard InChI is InChI=1S/C21H35N3O.HI/c1-21(2,3)19-18(13-9-15-25-19)16-24-20(22-4)23-14-8-12-17-10-6-5-7-11-17;/h5-7,10-11,18-19H,8-9,12-16H2,1-4H3,(H2,22,23,24);1H. The molecule has 5 heteroatoms. The Bertz CT molecular complexity index is 528. The van der Waals surface area contributed by atoms with Gasteiger partial charge in [0.15, 0.2) is 5.96 Å². The molecule has 2 unspecified atom stereocenters. The fourth-order valence-electron chi connectivity index (χ4n) is 3.60. The predicted molar refractivity (Wildman–Crippen MR) is 121 cm³/mol. The number of ether oxygens (including phenoxy) is 1. The van der Waals surface area contributed by atoms with E-state index < -0.39 is 0 Å². The van der Waals surface area contributed by atoms with Gasteiger partial charge in [-0.3, -0.25) is 4.99 Å². The molecule has 1 aromatic rings. The van der Waals surface area contributed by atoms with E-state index in [2.05, 4.69) is 66.7 Å². The Morgan fingerprint density at radius 2 is 1.92 bits per heavy atom. The molecule has 0 aromatic heterocycles. The number of guanidine groups is 1. The monoisotopic (exact) mass is 473 g/mol. The van der Waals surface area contributed by atoms with E-state index in [0.29, 0.717) is 12.0 Å². The molecule has 0 radical (unpaired) electrons. The minimum absolute atomic E-state index is 0. The lowest BCUT2D eigenvalue weighted by atomic mass is 9.78. The van der Waals surface area contributed by atoms with Gasteiger partial charge in [-0.1, -0.05) is 51.1 Å². The van der Waals surface area contributed by atoms with Gasteiger partial charge >= 0.3 is 0 Å². The average Bonchev–Trinajstić information content (AvgIpc) is 2.61. The lowest BCUT2D eigenvalue weighted by Crippen LogP contribution is -2.47. The van der Waals surface area contributed by atoms with Gasteiger partial charge in [-0.05, 0) is 36.7 Å². The third kappa shape index (κ3) is 7.82. The molecule has 0 amide bonds. The van der Waals surface area contributed by atoms with Gasteiger partial charge in [-0.2, -0.15) is 0 Å². The van der Waals surface area contributed by atoms with Crippen LogP contribution < -0.4 is 10.6 Å². The fourth-order valence-corrected chi connectivity index (χ4v) is 3.60. The zero-order valence-corrected chi connectivity index (χ0v) is 19.1. The SMILES string of the molecule is CN=C(NCCCc1ccccc1)NCC1CCCOC1C(C)(C)C.I. The summed E-state index contributed by atoms with van der Waals surface area (Å²) in [6.45, 7) is 9.55. The molecular weight excluding hydrogens is 437 g/mol. The summed E-state index contributed by atoms with van der Waals surface area (Å²) in [6.07, 6.45) is 4.88. The predicted octanol–water partition coefficient (Wildman–Crippen LogP) is 4.24. The van der Waals surface area contributed by atoms with Gasteiger partial charge in [-0.25, -0.2) is 0 Å². The highest BCUT2D eigenvalue weighted by atomic mass is 127. The quantitative estimate of drug-likeness (QED) is 0.281. The van der Waals surface area contributed by atoms with Crippen LogP contribution in [0.25, 0.3) is 0 Å². The van der Waals surface area contributed by atoms with E-state index in [1.54, 1.807) is 0 Å². The molecule has 148 valence electrons. The van der Waals surface area contributed by atoms with Crippen molar-refractivity contribution in [1.29, 1.82) is 0 Å². The Balaban J connectivity index is 0.00000338. The fraction of sp³-hybridized carbons (Fsp3) is 0.667. The van der Waals surface area contributed by atoms with E-state index in [4.69, 9.17) is 4.74 Å². The van der Waals surface area contributed by atoms with Crippen LogP contribution in [0.15, 0.2) is 35.3 Å². The van der Waals surface area contributed by atoms with E-state index >= 15 is 0 Å². The number of aliphatic imine (C=N–C) groups is 1. The number of rotatable bonds is 6. The molecule has 1 fully saturated rings. The Morgan fingerprint density at radius 1 is 1.19 bits per heavy atom. The third-order valence-electron chi connectivity index (χ3n) is 4.83.